The highest BCUT2D eigenvalue weighted by molar-refractivity contribution is 7.91. The van der Waals surface area contributed by atoms with Gasteiger partial charge in [-0.25, -0.2) is 17.2 Å². The van der Waals surface area contributed by atoms with Gasteiger partial charge < -0.3 is 5.32 Å². The molecule has 0 aromatic carbocycles. The maximum Gasteiger partial charge on any atom is 0.252 e. The molecule has 1 fully saturated rings. The van der Waals surface area contributed by atoms with E-state index in [1.807, 2.05) is 0 Å². The first-order valence-electron chi connectivity index (χ1n) is 4.56. The van der Waals surface area contributed by atoms with Gasteiger partial charge in [0.25, 0.3) is 5.92 Å². The fourth-order valence-electron chi connectivity index (χ4n) is 1.21. The van der Waals surface area contributed by atoms with Crippen LogP contribution >= 0.6 is 0 Å². The van der Waals surface area contributed by atoms with E-state index in [1.54, 1.807) is 0 Å². The van der Waals surface area contributed by atoms with Gasteiger partial charge in [-0.15, -0.1) is 0 Å². The normalized spacial score (nSPS) is 23.5. The third kappa shape index (κ3) is 3.73. The zero-order valence-electron chi connectivity index (χ0n) is 8.29. The Morgan fingerprint density at radius 2 is 2.07 bits per heavy atom. The molecule has 1 N–H and O–H groups in total. The van der Waals surface area contributed by atoms with Crippen LogP contribution in [0, 0.1) is 5.92 Å². The lowest BCUT2D eigenvalue weighted by atomic mass is 10.5. The summed E-state index contributed by atoms with van der Waals surface area (Å²) in [6, 6.07) is 0. The minimum atomic E-state index is -3.54. The van der Waals surface area contributed by atoms with Crippen LogP contribution in [0.25, 0.3) is 0 Å². The number of alkyl halides is 2. The van der Waals surface area contributed by atoms with Gasteiger partial charge >= 0.3 is 0 Å². The molecule has 0 heterocycles. The van der Waals surface area contributed by atoms with E-state index < -0.39 is 33.3 Å². The van der Waals surface area contributed by atoms with E-state index in [-0.39, 0.29) is 18.6 Å². The van der Waals surface area contributed by atoms with E-state index in [1.165, 1.54) is 7.05 Å². The number of halogens is 2. The van der Waals surface area contributed by atoms with Crippen LogP contribution in [-0.2, 0) is 14.6 Å². The van der Waals surface area contributed by atoms with Crippen LogP contribution < -0.4 is 5.32 Å². The number of carbonyl (C=O) groups excluding carboxylic acids is 1. The summed E-state index contributed by atoms with van der Waals surface area (Å²) in [5, 5.41) is 2.27. The minimum absolute atomic E-state index is 0.170. The Morgan fingerprint density at radius 3 is 2.47 bits per heavy atom. The molecule has 4 nitrogen and oxygen atoms in total. The van der Waals surface area contributed by atoms with E-state index in [0.29, 0.717) is 0 Å². The molecule has 1 unspecified atom stereocenters. The van der Waals surface area contributed by atoms with Crippen molar-refractivity contribution in [2.45, 2.75) is 18.8 Å². The molecular formula is C8H13F2NO3S. The average Bonchev–Trinajstić information content (AvgIpc) is 2.68. The quantitative estimate of drug-likeness (QED) is 0.747. The van der Waals surface area contributed by atoms with Gasteiger partial charge in [0.05, 0.1) is 11.5 Å². The average molecular weight is 241 g/mol. The van der Waals surface area contributed by atoms with Crippen LogP contribution in [0.15, 0.2) is 0 Å². The van der Waals surface area contributed by atoms with Gasteiger partial charge in [-0.2, -0.15) is 0 Å². The largest absolute Gasteiger partial charge is 0.359 e. The number of amides is 1. The molecular weight excluding hydrogens is 228 g/mol. The summed E-state index contributed by atoms with van der Waals surface area (Å²) in [4.78, 5) is 10.8. The van der Waals surface area contributed by atoms with Crippen molar-refractivity contribution in [2.75, 3.05) is 18.6 Å². The second kappa shape index (κ2) is 4.03. The molecule has 1 saturated carbocycles. The van der Waals surface area contributed by atoms with E-state index >= 15 is 0 Å². The zero-order chi connectivity index (χ0) is 11.7. The maximum atomic E-state index is 12.4. The summed E-state index contributed by atoms with van der Waals surface area (Å²) in [7, 11) is -2.14. The third-order valence-corrected chi connectivity index (χ3v) is 4.07. The minimum Gasteiger partial charge on any atom is -0.359 e. The summed E-state index contributed by atoms with van der Waals surface area (Å²) in [5.74, 6) is -5.15. The molecule has 1 rings (SSSR count). The third-order valence-electron chi connectivity index (χ3n) is 2.33. The van der Waals surface area contributed by atoms with Crippen molar-refractivity contribution in [1.82, 2.24) is 5.32 Å². The number of hydrogen-bond acceptors (Lipinski definition) is 3. The second-order valence-corrected chi connectivity index (χ2v) is 5.93. The van der Waals surface area contributed by atoms with E-state index in [2.05, 4.69) is 5.32 Å². The van der Waals surface area contributed by atoms with Crippen molar-refractivity contribution in [3.8, 4) is 0 Å². The standard InChI is InChI=1S/C8H13F2NO3S/c1-11-7(12)2-3-15(13,14)5-6-4-8(6,9)10/h6H,2-5H2,1H3,(H,11,12). The van der Waals surface area contributed by atoms with Crippen LogP contribution in [0.5, 0.6) is 0 Å². The van der Waals surface area contributed by atoms with Gasteiger partial charge in [0.1, 0.15) is 0 Å². The predicted molar refractivity (Wildman–Crippen MR) is 50.4 cm³/mol. The number of carbonyl (C=O) groups is 1. The molecule has 0 bridgehead atoms. The highest BCUT2D eigenvalue weighted by Gasteiger charge is 2.58. The first kappa shape index (κ1) is 12.4. The van der Waals surface area contributed by atoms with Crippen LogP contribution in [-0.4, -0.2) is 38.8 Å². The first-order valence-corrected chi connectivity index (χ1v) is 6.38. The van der Waals surface area contributed by atoms with Gasteiger partial charge in [0.15, 0.2) is 9.84 Å². The monoisotopic (exact) mass is 241 g/mol. The maximum absolute atomic E-state index is 12.4. The number of sulfone groups is 1. The lowest BCUT2D eigenvalue weighted by molar-refractivity contribution is -0.120. The van der Waals surface area contributed by atoms with Gasteiger partial charge in [0.2, 0.25) is 5.91 Å². The fourth-order valence-corrected chi connectivity index (χ4v) is 2.85. The van der Waals surface area contributed by atoms with Crippen LogP contribution in [0.1, 0.15) is 12.8 Å². The summed E-state index contributed by atoms with van der Waals surface area (Å²) in [6.07, 6.45) is -0.524. The Labute approximate surface area is 87.0 Å². The lowest BCUT2D eigenvalue weighted by Crippen LogP contribution is -2.23. The van der Waals surface area contributed by atoms with Gasteiger partial charge in [-0.05, 0) is 0 Å². The SMILES string of the molecule is CNC(=O)CCS(=O)(=O)CC1CC1(F)F. The van der Waals surface area contributed by atoms with Crippen molar-refractivity contribution >= 4 is 15.7 Å². The Morgan fingerprint density at radius 1 is 1.53 bits per heavy atom. The molecule has 0 radical (unpaired) electrons. The molecule has 0 aromatic rings. The van der Waals surface area contributed by atoms with Crippen molar-refractivity contribution in [1.29, 1.82) is 0 Å². The smallest absolute Gasteiger partial charge is 0.252 e. The fraction of sp³-hybridized carbons (Fsp3) is 0.875. The molecule has 1 aliphatic rings. The van der Waals surface area contributed by atoms with Crippen LogP contribution in [0.2, 0.25) is 0 Å². The number of nitrogens with one attached hydrogen (secondary N) is 1. The van der Waals surface area contributed by atoms with Crippen molar-refractivity contribution in [3.05, 3.63) is 0 Å². The van der Waals surface area contributed by atoms with Crippen molar-refractivity contribution in [3.63, 3.8) is 0 Å². The van der Waals surface area contributed by atoms with E-state index in [0.717, 1.165) is 0 Å². The molecule has 1 aliphatic carbocycles. The highest BCUT2D eigenvalue weighted by atomic mass is 32.2. The van der Waals surface area contributed by atoms with Crippen LogP contribution in [0.4, 0.5) is 8.78 Å². The van der Waals surface area contributed by atoms with Gasteiger partial charge in [0, 0.05) is 25.8 Å². The van der Waals surface area contributed by atoms with Gasteiger partial charge in [-0.3, -0.25) is 4.79 Å². The Kier molecular flexibility index (Phi) is 3.32. The summed E-state index contributed by atoms with van der Waals surface area (Å²) < 4.78 is 47.4. The Bertz CT molecular complexity index is 353. The first-order chi connectivity index (χ1) is 6.77. The molecule has 0 aliphatic heterocycles. The number of hydrogen-bond donors (Lipinski definition) is 1. The Hall–Kier alpha value is -0.720. The molecule has 7 heteroatoms. The number of rotatable bonds is 5. The molecule has 1 atom stereocenters. The van der Waals surface area contributed by atoms with Crippen LogP contribution in [0.3, 0.4) is 0 Å². The Balaban J connectivity index is 2.37. The topological polar surface area (TPSA) is 63.2 Å². The summed E-state index contributed by atoms with van der Waals surface area (Å²) >= 11 is 0. The summed E-state index contributed by atoms with van der Waals surface area (Å²) in [5.41, 5.74) is 0. The molecule has 88 valence electrons. The van der Waals surface area contributed by atoms with Crippen molar-refractivity contribution in [2.24, 2.45) is 5.92 Å². The van der Waals surface area contributed by atoms with Gasteiger partial charge in [-0.1, -0.05) is 0 Å². The van der Waals surface area contributed by atoms with Crippen molar-refractivity contribution < 1.29 is 22.0 Å². The van der Waals surface area contributed by atoms with E-state index in [4.69, 9.17) is 0 Å². The molecule has 1 amide bonds. The predicted octanol–water partition coefficient (Wildman–Crippen LogP) is 0.192. The second-order valence-electron chi connectivity index (χ2n) is 3.70. The highest BCUT2D eigenvalue weighted by Crippen LogP contribution is 2.49. The summed E-state index contributed by atoms with van der Waals surface area (Å²) in [6.45, 7) is 0. The molecule has 0 aromatic heterocycles. The zero-order valence-corrected chi connectivity index (χ0v) is 9.11. The molecule has 0 spiro atoms. The van der Waals surface area contributed by atoms with E-state index in [9.17, 15) is 22.0 Å². The lowest BCUT2D eigenvalue weighted by Gasteiger charge is -2.02. The molecule has 15 heavy (non-hydrogen) atoms. The molecule has 0 saturated heterocycles.